The summed E-state index contributed by atoms with van der Waals surface area (Å²) in [6, 6.07) is 3.29. The largest absolute Gasteiger partial charge is 0.508 e. The molecule has 0 spiro atoms. The van der Waals surface area contributed by atoms with Gasteiger partial charge in [0.15, 0.2) is 0 Å². The van der Waals surface area contributed by atoms with Crippen molar-refractivity contribution in [3.8, 4) is 0 Å². The number of hydrogen-bond donors (Lipinski definition) is 1. The lowest BCUT2D eigenvalue weighted by atomic mass is 10.2. The highest BCUT2D eigenvalue weighted by molar-refractivity contribution is 5.71. The Hall–Kier alpha value is -1.84. The third-order valence-corrected chi connectivity index (χ3v) is 1.71. The lowest BCUT2D eigenvalue weighted by Gasteiger charge is -2.00. The first-order valence-electron chi connectivity index (χ1n) is 4.03. The van der Waals surface area contributed by atoms with E-state index in [4.69, 9.17) is 5.11 Å². The van der Waals surface area contributed by atoms with Crippen LogP contribution >= 0.6 is 0 Å². The van der Waals surface area contributed by atoms with Gasteiger partial charge in [-0.3, -0.25) is 9.78 Å². The van der Waals surface area contributed by atoms with Crippen molar-refractivity contribution in [1.82, 2.24) is 4.98 Å². The minimum Gasteiger partial charge on any atom is -0.508 e. The summed E-state index contributed by atoms with van der Waals surface area (Å²) in [6.45, 7) is 3.36. The van der Waals surface area contributed by atoms with Crippen LogP contribution in [0.5, 0.6) is 0 Å². The highest BCUT2D eigenvalue weighted by Crippen LogP contribution is 2.08. The van der Waals surface area contributed by atoms with Gasteiger partial charge in [0.2, 0.25) is 0 Å². The minimum atomic E-state index is -0.340. The van der Waals surface area contributed by atoms with Gasteiger partial charge in [0, 0.05) is 11.8 Å². The molecule has 74 valence electrons. The van der Waals surface area contributed by atoms with E-state index < -0.39 is 0 Å². The first-order chi connectivity index (χ1) is 6.63. The number of esters is 1. The van der Waals surface area contributed by atoms with E-state index in [1.54, 1.807) is 12.1 Å². The molecule has 1 aromatic rings. The van der Waals surface area contributed by atoms with Crippen LogP contribution < -0.4 is 0 Å². The summed E-state index contributed by atoms with van der Waals surface area (Å²) in [5, 5.41) is 9.02. The highest BCUT2D eigenvalue weighted by Gasteiger charge is 2.04. The van der Waals surface area contributed by atoms with Crippen molar-refractivity contribution in [1.29, 1.82) is 0 Å². The van der Waals surface area contributed by atoms with Crippen molar-refractivity contribution in [2.45, 2.75) is 6.42 Å². The van der Waals surface area contributed by atoms with Crippen LogP contribution in [-0.4, -0.2) is 23.2 Å². The first-order valence-corrected chi connectivity index (χ1v) is 4.03. The van der Waals surface area contributed by atoms with Gasteiger partial charge in [-0.2, -0.15) is 0 Å². The fraction of sp³-hybridized carbons (Fsp3) is 0.200. The number of carbonyl (C=O) groups excluding carboxylic acids is 1. The number of hydrogen-bond acceptors (Lipinski definition) is 4. The zero-order valence-corrected chi connectivity index (χ0v) is 7.86. The maximum absolute atomic E-state index is 10.9. The Kier molecular flexibility index (Phi) is 3.23. The molecule has 0 unspecified atom stereocenters. The average molecular weight is 193 g/mol. The van der Waals surface area contributed by atoms with E-state index in [2.05, 4.69) is 16.3 Å². The molecule has 0 saturated carbocycles. The second-order valence-electron chi connectivity index (χ2n) is 2.74. The van der Waals surface area contributed by atoms with Crippen molar-refractivity contribution in [3.05, 3.63) is 36.2 Å². The summed E-state index contributed by atoms with van der Waals surface area (Å²) in [6.07, 6.45) is 1.59. The van der Waals surface area contributed by atoms with Gasteiger partial charge in [0.25, 0.3) is 0 Å². The smallest absolute Gasteiger partial charge is 0.311 e. The van der Waals surface area contributed by atoms with Crippen LogP contribution in [0.15, 0.2) is 24.9 Å². The Morgan fingerprint density at radius 2 is 2.36 bits per heavy atom. The molecule has 0 aliphatic heterocycles. The molecule has 0 bridgehead atoms. The number of aliphatic hydroxyl groups is 1. The van der Waals surface area contributed by atoms with Gasteiger partial charge >= 0.3 is 5.97 Å². The van der Waals surface area contributed by atoms with E-state index in [0.29, 0.717) is 11.3 Å². The third-order valence-electron chi connectivity index (χ3n) is 1.71. The second kappa shape index (κ2) is 4.41. The molecule has 0 aliphatic carbocycles. The lowest BCUT2D eigenvalue weighted by molar-refractivity contribution is -0.139. The Morgan fingerprint density at radius 1 is 1.64 bits per heavy atom. The fourth-order valence-electron chi connectivity index (χ4n) is 0.920. The second-order valence-corrected chi connectivity index (χ2v) is 2.74. The number of rotatable bonds is 3. The average Bonchev–Trinajstić information content (AvgIpc) is 2.18. The SMILES string of the molecule is C=C(O)c1ccc(CC(=O)OC)nc1. The Labute approximate surface area is 81.9 Å². The molecule has 0 atom stereocenters. The molecular formula is C10H11NO3. The maximum Gasteiger partial charge on any atom is 0.311 e. The zero-order chi connectivity index (χ0) is 10.6. The molecule has 1 N–H and O–H groups in total. The standard InChI is InChI=1S/C10H11NO3/c1-7(12)8-3-4-9(11-6-8)5-10(13)14-2/h3-4,6,12H,1,5H2,2H3. The van der Waals surface area contributed by atoms with Crippen molar-refractivity contribution in [3.63, 3.8) is 0 Å². The van der Waals surface area contributed by atoms with E-state index in [1.165, 1.54) is 13.3 Å². The van der Waals surface area contributed by atoms with Crippen LogP contribution in [0, 0.1) is 0 Å². The number of aromatic nitrogens is 1. The summed E-state index contributed by atoms with van der Waals surface area (Å²) in [5.41, 5.74) is 1.14. The Balaban J connectivity index is 2.73. The normalized spacial score (nSPS) is 9.50. The number of pyridine rings is 1. The van der Waals surface area contributed by atoms with Crippen molar-refractivity contribution >= 4 is 11.7 Å². The van der Waals surface area contributed by atoms with Crippen LogP contribution in [0.1, 0.15) is 11.3 Å². The molecule has 14 heavy (non-hydrogen) atoms. The van der Waals surface area contributed by atoms with E-state index in [1.807, 2.05) is 0 Å². The fourth-order valence-corrected chi connectivity index (χ4v) is 0.920. The van der Waals surface area contributed by atoms with E-state index in [0.717, 1.165) is 0 Å². The monoisotopic (exact) mass is 193 g/mol. The van der Waals surface area contributed by atoms with Gasteiger partial charge in [-0.1, -0.05) is 6.58 Å². The Bertz CT molecular complexity index is 343. The van der Waals surface area contributed by atoms with E-state index in [9.17, 15) is 4.79 Å². The molecular weight excluding hydrogens is 182 g/mol. The number of ether oxygens (including phenoxy) is 1. The zero-order valence-electron chi connectivity index (χ0n) is 7.86. The van der Waals surface area contributed by atoms with Gasteiger partial charge in [-0.25, -0.2) is 0 Å². The van der Waals surface area contributed by atoms with Crippen LogP contribution in [0.2, 0.25) is 0 Å². The molecule has 0 amide bonds. The van der Waals surface area contributed by atoms with Crippen LogP contribution in [0.25, 0.3) is 5.76 Å². The number of carbonyl (C=O) groups is 1. The van der Waals surface area contributed by atoms with Gasteiger partial charge in [-0.15, -0.1) is 0 Å². The summed E-state index contributed by atoms with van der Waals surface area (Å²) in [7, 11) is 1.33. The summed E-state index contributed by atoms with van der Waals surface area (Å²) in [4.78, 5) is 14.8. The minimum absolute atomic E-state index is 0.0397. The quantitative estimate of drug-likeness (QED) is 0.581. The summed E-state index contributed by atoms with van der Waals surface area (Å²) >= 11 is 0. The van der Waals surface area contributed by atoms with Crippen molar-refractivity contribution in [2.75, 3.05) is 7.11 Å². The number of methoxy groups -OCH3 is 1. The lowest BCUT2D eigenvalue weighted by Crippen LogP contribution is -2.05. The molecule has 1 heterocycles. The maximum atomic E-state index is 10.9. The molecule has 4 heteroatoms. The molecule has 4 nitrogen and oxygen atoms in total. The topological polar surface area (TPSA) is 59.4 Å². The van der Waals surface area contributed by atoms with Crippen molar-refractivity contribution in [2.24, 2.45) is 0 Å². The molecule has 1 aromatic heterocycles. The van der Waals surface area contributed by atoms with E-state index in [-0.39, 0.29) is 18.1 Å². The first kappa shape index (κ1) is 10.2. The molecule has 0 aliphatic rings. The van der Waals surface area contributed by atoms with Crippen LogP contribution in [-0.2, 0) is 16.0 Å². The summed E-state index contributed by atoms with van der Waals surface area (Å²) in [5.74, 6) is -0.379. The van der Waals surface area contributed by atoms with Crippen LogP contribution in [0.3, 0.4) is 0 Å². The van der Waals surface area contributed by atoms with Crippen LogP contribution in [0.4, 0.5) is 0 Å². The number of aliphatic hydroxyl groups excluding tert-OH is 1. The molecule has 0 fully saturated rings. The molecule has 0 aromatic carbocycles. The van der Waals surface area contributed by atoms with Gasteiger partial charge in [0.1, 0.15) is 5.76 Å². The third kappa shape index (κ3) is 2.58. The number of nitrogens with zero attached hydrogens (tertiary/aromatic N) is 1. The summed E-state index contributed by atoms with van der Waals surface area (Å²) < 4.78 is 4.49. The molecule has 0 saturated heterocycles. The predicted molar refractivity (Wildman–Crippen MR) is 51.6 cm³/mol. The highest BCUT2D eigenvalue weighted by atomic mass is 16.5. The van der Waals surface area contributed by atoms with Gasteiger partial charge in [0.05, 0.1) is 19.2 Å². The molecule has 1 rings (SSSR count). The van der Waals surface area contributed by atoms with Gasteiger partial charge in [-0.05, 0) is 12.1 Å². The Morgan fingerprint density at radius 3 is 2.79 bits per heavy atom. The predicted octanol–water partition coefficient (Wildman–Crippen LogP) is 1.33. The molecule has 0 radical (unpaired) electrons. The van der Waals surface area contributed by atoms with E-state index >= 15 is 0 Å². The van der Waals surface area contributed by atoms with Crippen molar-refractivity contribution < 1.29 is 14.6 Å². The van der Waals surface area contributed by atoms with Gasteiger partial charge < -0.3 is 9.84 Å².